The zero-order valence-corrected chi connectivity index (χ0v) is 20.0. The van der Waals surface area contributed by atoms with Crippen LogP contribution in [-0.4, -0.2) is 67.2 Å². The fourth-order valence-corrected chi connectivity index (χ4v) is 5.01. The van der Waals surface area contributed by atoms with E-state index in [1.807, 2.05) is 41.6 Å². The molecule has 0 saturated carbocycles. The number of aryl methyl sites for hydroxylation is 2. The standard InChI is InChI=1S/C24H34N6O2/c1-15(2)29(16(3)4)23(31)14-28-9-7-8-19(13-28)24-20(21-10-18(6)27-32-21)12-25-22-11-17(5)26-30(22)24/h10-12,15-16,19H,7-9,13-14H2,1-6H3. The highest BCUT2D eigenvalue weighted by molar-refractivity contribution is 5.79. The summed E-state index contributed by atoms with van der Waals surface area (Å²) in [7, 11) is 0. The molecule has 1 aliphatic rings. The Morgan fingerprint density at radius 1 is 1.19 bits per heavy atom. The predicted molar refractivity (Wildman–Crippen MR) is 123 cm³/mol. The van der Waals surface area contributed by atoms with Crippen LogP contribution in [0.4, 0.5) is 0 Å². The van der Waals surface area contributed by atoms with Gasteiger partial charge in [0.05, 0.1) is 29.2 Å². The van der Waals surface area contributed by atoms with E-state index in [1.165, 1.54) is 0 Å². The Kier molecular flexibility index (Phi) is 6.33. The van der Waals surface area contributed by atoms with Gasteiger partial charge in [-0.1, -0.05) is 5.16 Å². The van der Waals surface area contributed by atoms with Crippen molar-refractivity contribution in [2.75, 3.05) is 19.6 Å². The molecule has 4 heterocycles. The molecule has 0 N–H and O–H groups in total. The maximum absolute atomic E-state index is 13.1. The average molecular weight is 439 g/mol. The molecule has 0 aliphatic carbocycles. The van der Waals surface area contributed by atoms with Crippen LogP contribution in [0.15, 0.2) is 22.9 Å². The Balaban J connectivity index is 1.66. The lowest BCUT2D eigenvalue weighted by molar-refractivity contribution is -0.136. The molecule has 1 atom stereocenters. The Morgan fingerprint density at radius 3 is 2.59 bits per heavy atom. The lowest BCUT2D eigenvalue weighted by Crippen LogP contribution is -2.48. The van der Waals surface area contributed by atoms with Crippen LogP contribution in [0.1, 0.15) is 63.5 Å². The summed E-state index contributed by atoms with van der Waals surface area (Å²) in [6, 6.07) is 4.31. The minimum atomic E-state index is 0.191. The van der Waals surface area contributed by atoms with Crippen molar-refractivity contribution >= 4 is 11.6 Å². The van der Waals surface area contributed by atoms with Crippen molar-refractivity contribution in [1.82, 2.24) is 29.6 Å². The van der Waals surface area contributed by atoms with Crippen molar-refractivity contribution in [1.29, 1.82) is 0 Å². The van der Waals surface area contributed by atoms with Gasteiger partial charge in [0.1, 0.15) is 0 Å². The van der Waals surface area contributed by atoms with Gasteiger partial charge >= 0.3 is 0 Å². The van der Waals surface area contributed by atoms with Crippen molar-refractivity contribution in [3.63, 3.8) is 0 Å². The molecule has 8 nitrogen and oxygen atoms in total. The highest BCUT2D eigenvalue weighted by Gasteiger charge is 2.30. The number of piperidine rings is 1. The van der Waals surface area contributed by atoms with E-state index in [2.05, 4.69) is 42.7 Å². The lowest BCUT2D eigenvalue weighted by Gasteiger charge is -2.36. The van der Waals surface area contributed by atoms with Crippen LogP contribution in [0.2, 0.25) is 0 Å². The van der Waals surface area contributed by atoms with E-state index in [4.69, 9.17) is 9.62 Å². The summed E-state index contributed by atoms with van der Waals surface area (Å²) in [6.07, 6.45) is 3.93. The van der Waals surface area contributed by atoms with Crippen molar-refractivity contribution < 1.29 is 9.32 Å². The quantitative estimate of drug-likeness (QED) is 0.582. The summed E-state index contributed by atoms with van der Waals surface area (Å²) >= 11 is 0. The number of amides is 1. The molecule has 0 radical (unpaired) electrons. The summed E-state index contributed by atoms with van der Waals surface area (Å²) in [5.74, 6) is 1.11. The van der Waals surface area contributed by atoms with Crippen LogP contribution in [0.25, 0.3) is 17.0 Å². The van der Waals surface area contributed by atoms with Gasteiger partial charge in [-0.25, -0.2) is 9.50 Å². The third-order valence-corrected chi connectivity index (χ3v) is 6.19. The number of hydrogen-bond donors (Lipinski definition) is 0. The normalized spacial score (nSPS) is 17.6. The van der Waals surface area contributed by atoms with E-state index in [0.717, 1.165) is 54.2 Å². The summed E-state index contributed by atoms with van der Waals surface area (Å²) in [6.45, 7) is 14.4. The van der Waals surface area contributed by atoms with Gasteiger partial charge in [-0.05, 0) is 60.9 Å². The first kappa shape index (κ1) is 22.5. The van der Waals surface area contributed by atoms with Crippen LogP contribution in [0.5, 0.6) is 0 Å². The maximum Gasteiger partial charge on any atom is 0.237 e. The van der Waals surface area contributed by atoms with Crippen molar-refractivity contribution in [3.8, 4) is 11.3 Å². The molecule has 1 fully saturated rings. The Bertz CT molecular complexity index is 1090. The van der Waals surface area contributed by atoms with Gasteiger partial charge in [0.25, 0.3) is 0 Å². The second-order valence-corrected chi connectivity index (χ2v) is 9.51. The van der Waals surface area contributed by atoms with E-state index in [0.29, 0.717) is 12.3 Å². The fraction of sp³-hybridized carbons (Fsp3) is 0.583. The molecular formula is C24H34N6O2. The van der Waals surface area contributed by atoms with E-state index in [1.54, 1.807) is 0 Å². The Labute approximate surface area is 189 Å². The van der Waals surface area contributed by atoms with Gasteiger partial charge in [-0.3, -0.25) is 9.69 Å². The topological polar surface area (TPSA) is 79.8 Å². The zero-order chi connectivity index (χ0) is 23.0. The molecule has 3 aromatic rings. The molecule has 0 spiro atoms. The molecule has 1 aliphatic heterocycles. The molecule has 0 aromatic carbocycles. The molecule has 3 aromatic heterocycles. The van der Waals surface area contributed by atoms with E-state index in [-0.39, 0.29) is 23.9 Å². The van der Waals surface area contributed by atoms with Gasteiger partial charge in [-0.15, -0.1) is 0 Å². The monoisotopic (exact) mass is 438 g/mol. The molecule has 0 bridgehead atoms. The molecule has 1 unspecified atom stereocenters. The first-order valence-corrected chi connectivity index (χ1v) is 11.6. The molecule has 172 valence electrons. The minimum absolute atomic E-state index is 0.191. The Hall–Kier alpha value is -2.74. The van der Waals surface area contributed by atoms with Crippen LogP contribution in [0.3, 0.4) is 0 Å². The lowest BCUT2D eigenvalue weighted by atomic mass is 9.91. The van der Waals surface area contributed by atoms with Gasteiger partial charge in [0.2, 0.25) is 5.91 Å². The van der Waals surface area contributed by atoms with E-state index < -0.39 is 0 Å². The molecule has 32 heavy (non-hydrogen) atoms. The van der Waals surface area contributed by atoms with Crippen molar-refractivity contribution in [3.05, 3.63) is 35.4 Å². The maximum atomic E-state index is 13.1. The predicted octanol–water partition coefficient (Wildman–Crippen LogP) is 3.83. The smallest absolute Gasteiger partial charge is 0.237 e. The minimum Gasteiger partial charge on any atom is -0.356 e. The number of rotatable bonds is 6. The van der Waals surface area contributed by atoms with Crippen molar-refractivity contribution in [2.45, 2.75) is 72.4 Å². The van der Waals surface area contributed by atoms with E-state index in [9.17, 15) is 4.79 Å². The molecule has 1 amide bonds. The number of hydrogen-bond acceptors (Lipinski definition) is 6. The summed E-state index contributed by atoms with van der Waals surface area (Å²) in [5, 5.41) is 8.82. The molecule has 1 saturated heterocycles. The zero-order valence-electron chi connectivity index (χ0n) is 20.0. The highest BCUT2D eigenvalue weighted by atomic mass is 16.5. The second kappa shape index (κ2) is 9.02. The van der Waals surface area contributed by atoms with Gasteiger partial charge in [-0.2, -0.15) is 5.10 Å². The van der Waals surface area contributed by atoms with E-state index >= 15 is 0 Å². The van der Waals surface area contributed by atoms with Crippen LogP contribution >= 0.6 is 0 Å². The molecule has 4 rings (SSSR count). The van der Waals surface area contributed by atoms with Gasteiger partial charge in [0, 0.05) is 42.9 Å². The second-order valence-electron chi connectivity index (χ2n) is 9.51. The molecule has 8 heteroatoms. The first-order chi connectivity index (χ1) is 15.2. The van der Waals surface area contributed by atoms with Crippen molar-refractivity contribution in [2.24, 2.45) is 0 Å². The van der Waals surface area contributed by atoms with Gasteiger partial charge < -0.3 is 9.42 Å². The summed E-state index contributed by atoms with van der Waals surface area (Å²) in [4.78, 5) is 22.0. The highest BCUT2D eigenvalue weighted by Crippen LogP contribution is 2.35. The number of carbonyl (C=O) groups is 1. The first-order valence-electron chi connectivity index (χ1n) is 11.6. The number of fused-ring (bicyclic) bond motifs is 1. The Morgan fingerprint density at radius 2 is 1.94 bits per heavy atom. The number of nitrogens with zero attached hydrogens (tertiary/aromatic N) is 6. The molecular weight excluding hydrogens is 404 g/mol. The van der Waals surface area contributed by atoms with Crippen LogP contribution in [-0.2, 0) is 4.79 Å². The SMILES string of the molecule is Cc1cc(-c2cnc3cc(C)nn3c2C2CCCN(CC(=O)N(C(C)C)C(C)C)C2)on1. The average Bonchev–Trinajstić information content (AvgIpc) is 3.31. The third-order valence-electron chi connectivity index (χ3n) is 6.19. The number of carbonyl (C=O) groups excluding carboxylic acids is 1. The summed E-state index contributed by atoms with van der Waals surface area (Å²) in [5.41, 5.74) is 4.60. The largest absolute Gasteiger partial charge is 0.356 e. The fourth-order valence-electron chi connectivity index (χ4n) is 5.01. The third kappa shape index (κ3) is 4.41. The number of aromatic nitrogens is 4. The summed E-state index contributed by atoms with van der Waals surface area (Å²) < 4.78 is 7.56. The number of likely N-dealkylation sites (tertiary alicyclic amines) is 1. The van der Waals surface area contributed by atoms with Crippen LogP contribution in [0, 0.1) is 13.8 Å². The van der Waals surface area contributed by atoms with Gasteiger partial charge in [0.15, 0.2) is 11.4 Å². The van der Waals surface area contributed by atoms with Crippen LogP contribution < -0.4 is 0 Å².